The van der Waals surface area contributed by atoms with Gasteiger partial charge in [0.05, 0.1) is 17.2 Å². The van der Waals surface area contributed by atoms with Gasteiger partial charge in [-0.3, -0.25) is 0 Å². The Morgan fingerprint density at radius 3 is 2.27 bits per heavy atom. The number of hydrogen-bond acceptors (Lipinski definition) is 5. The number of nitrogens with zero attached hydrogens (tertiary/aromatic N) is 3. The average molecular weight is 388 g/mol. The molecule has 0 unspecified atom stereocenters. The van der Waals surface area contributed by atoms with Crippen molar-refractivity contribution in [1.29, 1.82) is 0 Å². The summed E-state index contributed by atoms with van der Waals surface area (Å²) in [5, 5.41) is 10.7. The predicted octanol–water partition coefficient (Wildman–Crippen LogP) is 3.11. The van der Waals surface area contributed by atoms with Gasteiger partial charge in [0.1, 0.15) is 0 Å². The predicted molar refractivity (Wildman–Crippen MR) is 105 cm³/mol. The van der Waals surface area contributed by atoms with Crippen molar-refractivity contribution in [1.82, 2.24) is 10.2 Å². The molecule has 0 amide bonds. The van der Waals surface area contributed by atoms with Crippen LogP contribution in [0.5, 0.6) is 0 Å². The quantitative estimate of drug-likeness (QED) is 0.691. The Bertz CT molecular complexity index is 1040. The maximum atomic E-state index is 11.6. The Hall–Kier alpha value is -2.18. The molecular formula is C19H18ClN3O2S. The summed E-state index contributed by atoms with van der Waals surface area (Å²) >= 11 is 6.14. The van der Waals surface area contributed by atoms with Crippen molar-refractivity contribution < 1.29 is 8.42 Å². The van der Waals surface area contributed by atoms with E-state index in [1.54, 1.807) is 0 Å². The summed E-state index contributed by atoms with van der Waals surface area (Å²) in [4.78, 5) is 2.11. The van der Waals surface area contributed by atoms with Gasteiger partial charge in [-0.05, 0) is 17.7 Å². The van der Waals surface area contributed by atoms with Crippen molar-refractivity contribution in [3.8, 4) is 0 Å². The molecule has 1 saturated heterocycles. The van der Waals surface area contributed by atoms with Gasteiger partial charge >= 0.3 is 0 Å². The molecule has 1 aromatic heterocycles. The van der Waals surface area contributed by atoms with Crippen LogP contribution in [-0.2, 0) is 16.3 Å². The minimum Gasteiger partial charge on any atom is -0.369 e. The highest BCUT2D eigenvalue weighted by Crippen LogP contribution is 2.25. The number of halogens is 1. The number of hydrogen-bond donors (Lipinski definition) is 0. The van der Waals surface area contributed by atoms with E-state index in [4.69, 9.17) is 11.6 Å². The largest absolute Gasteiger partial charge is 0.369 e. The van der Waals surface area contributed by atoms with Gasteiger partial charge in [0.2, 0.25) is 0 Å². The summed E-state index contributed by atoms with van der Waals surface area (Å²) in [6.45, 7) is 1.10. The zero-order valence-corrected chi connectivity index (χ0v) is 15.7. The smallest absolute Gasteiger partial charge is 0.159 e. The molecule has 7 heteroatoms. The Morgan fingerprint density at radius 2 is 1.58 bits per heavy atom. The van der Waals surface area contributed by atoms with Crippen LogP contribution in [0, 0.1) is 0 Å². The van der Waals surface area contributed by atoms with Crippen LogP contribution in [0.25, 0.3) is 10.8 Å². The third-order valence-electron chi connectivity index (χ3n) is 4.74. The molecule has 0 saturated carbocycles. The Kier molecular flexibility index (Phi) is 4.54. The van der Waals surface area contributed by atoms with Crippen LogP contribution in [0.4, 0.5) is 5.69 Å². The summed E-state index contributed by atoms with van der Waals surface area (Å²) in [5.74, 6) is 0.447. The molecule has 4 rings (SSSR count). The zero-order valence-electron chi connectivity index (χ0n) is 14.1. The van der Waals surface area contributed by atoms with E-state index in [9.17, 15) is 8.42 Å². The fourth-order valence-electron chi connectivity index (χ4n) is 3.25. The molecule has 134 valence electrons. The molecule has 1 aliphatic rings. The highest BCUT2D eigenvalue weighted by Gasteiger charge is 2.21. The molecule has 0 aliphatic carbocycles. The van der Waals surface area contributed by atoms with E-state index in [1.165, 1.54) is 0 Å². The first kappa shape index (κ1) is 17.2. The van der Waals surface area contributed by atoms with Crippen LogP contribution in [0.15, 0.2) is 48.5 Å². The van der Waals surface area contributed by atoms with Crippen LogP contribution in [-0.4, -0.2) is 43.2 Å². The summed E-state index contributed by atoms with van der Waals surface area (Å²) in [6, 6.07) is 16.1. The first-order valence-electron chi connectivity index (χ1n) is 8.46. The summed E-state index contributed by atoms with van der Waals surface area (Å²) in [6.07, 6.45) is 0.666. The van der Waals surface area contributed by atoms with Crippen LogP contribution < -0.4 is 4.90 Å². The molecule has 0 atom stereocenters. The lowest BCUT2D eigenvalue weighted by molar-refractivity contribution is 0.587. The first-order valence-corrected chi connectivity index (χ1v) is 10.7. The van der Waals surface area contributed by atoms with E-state index < -0.39 is 9.84 Å². The van der Waals surface area contributed by atoms with Gasteiger partial charge in [0, 0.05) is 36.0 Å². The molecule has 2 heterocycles. The van der Waals surface area contributed by atoms with Gasteiger partial charge in [0.15, 0.2) is 15.0 Å². The van der Waals surface area contributed by atoms with Gasteiger partial charge in [0.25, 0.3) is 0 Å². The highest BCUT2D eigenvalue weighted by molar-refractivity contribution is 7.91. The maximum Gasteiger partial charge on any atom is 0.159 e. The third kappa shape index (κ3) is 3.52. The molecule has 0 N–H and O–H groups in total. The Morgan fingerprint density at radius 1 is 0.923 bits per heavy atom. The fraction of sp³-hybridized carbons (Fsp3) is 0.263. The van der Waals surface area contributed by atoms with Gasteiger partial charge in [-0.25, -0.2) is 8.42 Å². The first-order chi connectivity index (χ1) is 12.5. The Labute approximate surface area is 157 Å². The zero-order chi connectivity index (χ0) is 18.1. The van der Waals surface area contributed by atoms with E-state index in [2.05, 4.69) is 27.2 Å². The Balaban J connectivity index is 1.54. The van der Waals surface area contributed by atoms with Gasteiger partial charge in [-0.1, -0.05) is 48.0 Å². The van der Waals surface area contributed by atoms with Crippen LogP contribution in [0.2, 0.25) is 5.15 Å². The molecule has 0 bridgehead atoms. The minimum absolute atomic E-state index is 0.223. The van der Waals surface area contributed by atoms with E-state index >= 15 is 0 Å². The molecule has 0 radical (unpaired) electrons. The van der Waals surface area contributed by atoms with Crippen LogP contribution in [0.3, 0.4) is 0 Å². The van der Waals surface area contributed by atoms with E-state index in [0.717, 1.165) is 27.7 Å². The van der Waals surface area contributed by atoms with Crippen molar-refractivity contribution in [2.45, 2.75) is 6.42 Å². The number of aromatic nitrogens is 2. The second-order valence-electron chi connectivity index (χ2n) is 6.47. The lowest BCUT2D eigenvalue weighted by Crippen LogP contribution is -2.40. The second-order valence-corrected chi connectivity index (χ2v) is 9.13. The molecule has 5 nitrogen and oxygen atoms in total. The third-order valence-corrected chi connectivity index (χ3v) is 6.62. The summed E-state index contributed by atoms with van der Waals surface area (Å²) in [5.41, 5.74) is 3.07. The highest BCUT2D eigenvalue weighted by atomic mass is 35.5. The number of anilines is 1. The maximum absolute atomic E-state index is 11.6. The molecule has 0 spiro atoms. The van der Waals surface area contributed by atoms with Crippen molar-refractivity contribution in [3.05, 3.63) is 64.9 Å². The van der Waals surface area contributed by atoms with Crippen molar-refractivity contribution >= 4 is 37.9 Å². The standard InChI is InChI=1S/C19H18ClN3O2S/c20-19-17-4-2-1-3-16(17)18(21-22-19)13-14-5-7-15(8-6-14)23-9-11-26(24,25)12-10-23/h1-8H,9-13H2. The summed E-state index contributed by atoms with van der Waals surface area (Å²) < 4.78 is 23.1. The molecular weight excluding hydrogens is 370 g/mol. The van der Waals surface area contributed by atoms with Gasteiger partial charge < -0.3 is 4.90 Å². The number of sulfone groups is 1. The number of rotatable bonds is 3. The van der Waals surface area contributed by atoms with Crippen molar-refractivity contribution in [2.75, 3.05) is 29.5 Å². The summed E-state index contributed by atoms with van der Waals surface area (Å²) in [7, 11) is -2.86. The molecule has 3 aromatic rings. The van der Waals surface area contributed by atoms with E-state index in [0.29, 0.717) is 24.7 Å². The molecule has 1 fully saturated rings. The van der Waals surface area contributed by atoms with Gasteiger partial charge in [-0.2, -0.15) is 5.10 Å². The second kappa shape index (κ2) is 6.85. The van der Waals surface area contributed by atoms with Crippen LogP contribution in [0.1, 0.15) is 11.3 Å². The van der Waals surface area contributed by atoms with E-state index in [1.807, 2.05) is 36.4 Å². The number of fused-ring (bicyclic) bond motifs is 1. The topological polar surface area (TPSA) is 63.2 Å². The normalized spacial score (nSPS) is 16.7. The average Bonchev–Trinajstić information content (AvgIpc) is 2.65. The van der Waals surface area contributed by atoms with Gasteiger partial charge in [-0.15, -0.1) is 5.10 Å². The molecule has 2 aromatic carbocycles. The molecule has 26 heavy (non-hydrogen) atoms. The lowest BCUT2D eigenvalue weighted by Gasteiger charge is -2.28. The number of benzene rings is 2. The van der Waals surface area contributed by atoms with Crippen molar-refractivity contribution in [3.63, 3.8) is 0 Å². The van der Waals surface area contributed by atoms with E-state index in [-0.39, 0.29) is 11.5 Å². The lowest BCUT2D eigenvalue weighted by atomic mass is 10.0. The van der Waals surface area contributed by atoms with Crippen LogP contribution >= 0.6 is 11.6 Å². The van der Waals surface area contributed by atoms with Crippen molar-refractivity contribution in [2.24, 2.45) is 0 Å². The SMILES string of the molecule is O=S1(=O)CCN(c2ccc(Cc3nnc(Cl)c4ccccc34)cc2)CC1. The molecule has 1 aliphatic heterocycles. The minimum atomic E-state index is -2.86. The monoisotopic (exact) mass is 387 g/mol. The fourth-order valence-corrected chi connectivity index (χ4v) is 4.65.